The van der Waals surface area contributed by atoms with Crippen LogP contribution in [0.3, 0.4) is 0 Å². The summed E-state index contributed by atoms with van der Waals surface area (Å²) in [6.45, 7) is 4.14. The first-order valence-electron chi connectivity index (χ1n) is 11.7. The molecule has 0 bridgehead atoms. The first-order valence-corrected chi connectivity index (χ1v) is 12.5. The summed E-state index contributed by atoms with van der Waals surface area (Å²) in [5, 5.41) is 7.15. The lowest BCUT2D eigenvalue weighted by Crippen LogP contribution is -2.05. The minimum absolute atomic E-state index is 0.325. The van der Waals surface area contributed by atoms with Crippen molar-refractivity contribution in [2.45, 2.75) is 33.1 Å². The third-order valence-corrected chi connectivity index (χ3v) is 6.73. The molecule has 5 aromatic rings. The number of anilines is 4. The molecule has 0 saturated heterocycles. The van der Waals surface area contributed by atoms with Gasteiger partial charge in [0.05, 0.1) is 21.6 Å². The molecule has 0 unspecified atom stereocenters. The van der Waals surface area contributed by atoms with Crippen LogP contribution in [-0.4, -0.2) is 15.0 Å². The Morgan fingerprint density at radius 2 is 1.54 bits per heavy atom. The van der Waals surface area contributed by atoms with Crippen LogP contribution in [0.5, 0.6) is 0 Å². The van der Waals surface area contributed by atoms with Crippen molar-refractivity contribution in [2.24, 2.45) is 0 Å². The van der Waals surface area contributed by atoms with E-state index in [9.17, 15) is 4.39 Å². The molecular weight excluding hydrogens is 457 g/mol. The number of halogens is 1. The van der Waals surface area contributed by atoms with Gasteiger partial charge in [-0.15, -0.1) is 0 Å². The summed E-state index contributed by atoms with van der Waals surface area (Å²) in [6, 6.07) is 23.5. The predicted molar refractivity (Wildman–Crippen MR) is 143 cm³/mol. The van der Waals surface area contributed by atoms with E-state index in [4.69, 9.17) is 4.98 Å². The number of aromatic nitrogens is 3. The fourth-order valence-corrected chi connectivity index (χ4v) is 4.80. The molecule has 0 fully saturated rings. The number of benzene rings is 3. The topological polar surface area (TPSA) is 62.7 Å². The summed E-state index contributed by atoms with van der Waals surface area (Å²) >= 11 is 1.58. The molecular formula is C28H26FN5S. The Bertz CT molecular complexity index is 1470. The Kier molecular flexibility index (Phi) is 6.68. The molecule has 0 amide bonds. The highest BCUT2D eigenvalue weighted by Crippen LogP contribution is 2.30. The van der Waals surface area contributed by atoms with Crippen molar-refractivity contribution in [1.82, 2.24) is 15.0 Å². The molecule has 2 N–H and O–H groups in total. The number of rotatable bonds is 8. The Morgan fingerprint density at radius 3 is 2.31 bits per heavy atom. The number of hydrogen-bond donors (Lipinski definition) is 2. The normalized spacial score (nSPS) is 11.1. The van der Waals surface area contributed by atoms with E-state index in [0.717, 1.165) is 45.0 Å². The van der Waals surface area contributed by atoms with Gasteiger partial charge in [0.25, 0.3) is 0 Å². The molecule has 176 valence electrons. The quantitative estimate of drug-likeness (QED) is 0.240. The van der Waals surface area contributed by atoms with Crippen LogP contribution in [0.1, 0.15) is 36.2 Å². The maximum Gasteiger partial charge on any atom is 0.229 e. The molecule has 3 aromatic carbocycles. The molecule has 0 aliphatic heterocycles. The van der Waals surface area contributed by atoms with Crippen molar-refractivity contribution in [3.8, 4) is 0 Å². The molecule has 0 aliphatic rings. The monoisotopic (exact) mass is 483 g/mol. The molecule has 0 saturated carbocycles. The molecule has 7 heteroatoms. The van der Waals surface area contributed by atoms with Gasteiger partial charge in [-0.3, -0.25) is 0 Å². The number of hydrogen-bond acceptors (Lipinski definition) is 6. The van der Waals surface area contributed by atoms with Gasteiger partial charge in [0.15, 0.2) is 5.13 Å². The van der Waals surface area contributed by atoms with E-state index in [-0.39, 0.29) is 5.82 Å². The predicted octanol–water partition coefficient (Wildman–Crippen LogP) is 7.43. The van der Waals surface area contributed by atoms with E-state index in [0.29, 0.717) is 23.9 Å². The number of aryl methyl sites for hydroxylation is 2. The summed E-state index contributed by atoms with van der Waals surface area (Å²) < 4.78 is 15.8. The first kappa shape index (κ1) is 22.9. The number of nitrogens with zero attached hydrogens (tertiary/aromatic N) is 3. The minimum atomic E-state index is -0.325. The molecule has 35 heavy (non-hydrogen) atoms. The van der Waals surface area contributed by atoms with Crippen molar-refractivity contribution < 1.29 is 4.39 Å². The van der Waals surface area contributed by atoms with Crippen molar-refractivity contribution >= 4 is 44.1 Å². The lowest BCUT2D eigenvalue weighted by molar-refractivity contribution is 0.629. The Hall–Kier alpha value is -3.84. The van der Waals surface area contributed by atoms with Crippen molar-refractivity contribution in [3.05, 3.63) is 101 Å². The molecule has 5 nitrogen and oxygen atoms in total. The largest absolute Gasteiger partial charge is 0.322 e. The van der Waals surface area contributed by atoms with Crippen molar-refractivity contribution in [2.75, 3.05) is 10.6 Å². The minimum Gasteiger partial charge on any atom is -0.322 e. The second-order valence-corrected chi connectivity index (χ2v) is 9.35. The van der Waals surface area contributed by atoms with Gasteiger partial charge in [0.2, 0.25) is 5.95 Å². The Labute approximate surface area is 208 Å². The zero-order valence-corrected chi connectivity index (χ0v) is 20.5. The molecule has 5 rings (SSSR count). The molecule has 0 atom stereocenters. The van der Waals surface area contributed by atoms with Crippen LogP contribution in [0, 0.1) is 5.82 Å². The third kappa shape index (κ3) is 5.46. The summed E-state index contributed by atoms with van der Waals surface area (Å²) in [6.07, 6.45) is 2.39. The van der Waals surface area contributed by atoms with Crippen LogP contribution in [0.2, 0.25) is 0 Å². The number of thiazole rings is 1. The van der Waals surface area contributed by atoms with Crippen molar-refractivity contribution in [3.63, 3.8) is 0 Å². The fourth-order valence-electron chi connectivity index (χ4n) is 3.87. The van der Waals surface area contributed by atoms with Gasteiger partial charge in [-0.1, -0.05) is 67.6 Å². The first-order chi connectivity index (χ1) is 17.1. The highest BCUT2D eigenvalue weighted by Gasteiger charge is 2.12. The van der Waals surface area contributed by atoms with Crippen LogP contribution >= 0.6 is 11.3 Å². The zero-order valence-electron chi connectivity index (χ0n) is 19.7. The second kappa shape index (κ2) is 10.2. The highest BCUT2D eigenvalue weighted by molar-refractivity contribution is 7.22. The zero-order chi connectivity index (χ0) is 24.2. The van der Waals surface area contributed by atoms with Gasteiger partial charge >= 0.3 is 0 Å². The van der Waals surface area contributed by atoms with Crippen LogP contribution in [0.25, 0.3) is 10.2 Å². The van der Waals surface area contributed by atoms with E-state index in [1.807, 2.05) is 43.3 Å². The van der Waals surface area contributed by atoms with E-state index < -0.39 is 0 Å². The molecule has 0 spiro atoms. The second-order valence-electron chi connectivity index (χ2n) is 8.32. The van der Waals surface area contributed by atoms with E-state index in [1.54, 1.807) is 23.5 Å². The maximum atomic E-state index is 14.7. The number of fused-ring (bicyclic) bond motifs is 1. The van der Waals surface area contributed by atoms with Crippen LogP contribution in [-0.2, 0) is 19.3 Å². The average Bonchev–Trinajstić information content (AvgIpc) is 3.27. The standard InChI is InChI=1S/C28H26FN5S/c1-3-18-10-12-23(22(29)15-18)31-27-30-21(14-20-8-6-5-7-9-20)17-26(33-27)34-28-32-24-13-11-19(4-2)16-25(24)35-28/h5-13,15-17H,3-4,14H2,1-2H3,(H2,30,31,32,33,34). The average molecular weight is 484 g/mol. The van der Waals surface area contributed by atoms with Crippen LogP contribution < -0.4 is 10.6 Å². The molecule has 0 aliphatic carbocycles. The van der Waals surface area contributed by atoms with Gasteiger partial charge in [-0.2, -0.15) is 4.98 Å². The van der Waals surface area contributed by atoms with Gasteiger partial charge in [0.1, 0.15) is 11.6 Å². The summed E-state index contributed by atoms with van der Waals surface area (Å²) in [4.78, 5) is 14.0. The van der Waals surface area contributed by atoms with E-state index in [1.165, 1.54) is 5.56 Å². The number of nitrogens with one attached hydrogen (secondary N) is 2. The lowest BCUT2D eigenvalue weighted by atomic mass is 10.1. The third-order valence-electron chi connectivity index (χ3n) is 5.79. The SMILES string of the molecule is CCc1ccc(Nc2nc(Cc3ccccc3)cc(Nc3nc4ccc(CC)cc4s3)n2)c(F)c1. The Balaban J connectivity index is 1.47. The van der Waals surface area contributed by atoms with Crippen LogP contribution in [0.4, 0.5) is 27.0 Å². The van der Waals surface area contributed by atoms with Gasteiger partial charge in [-0.05, 0) is 53.8 Å². The molecule has 2 aromatic heterocycles. The van der Waals surface area contributed by atoms with E-state index >= 15 is 0 Å². The Morgan fingerprint density at radius 1 is 0.771 bits per heavy atom. The molecule has 2 heterocycles. The molecule has 0 radical (unpaired) electrons. The lowest BCUT2D eigenvalue weighted by Gasteiger charge is -2.11. The van der Waals surface area contributed by atoms with Gasteiger partial charge in [0, 0.05) is 12.5 Å². The van der Waals surface area contributed by atoms with Gasteiger partial charge in [-0.25, -0.2) is 14.4 Å². The summed E-state index contributed by atoms with van der Waals surface area (Å²) in [7, 11) is 0. The smallest absolute Gasteiger partial charge is 0.229 e. The van der Waals surface area contributed by atoms with Gasteiger partial charge < -0.3 is 10.6 Å². The summed E-state index contributed by atoms with van der Waals surface area (Å²) in [5.41, 5.74) is 5.46. The summed E-state index contributed by atoms with van der Waals surface area (Å²) in [5.74, 6) is 0.612. The fraction of sp³-hybridized carbons (Fsp3) is 0.179. The highest BCUT2D eigenvalue weighted by atomic mass is 32.1. The van der Waals surface area contributed by atoms with E-state index in [2.05, 4.69) is 51.8 Å². The van der Waals surface area contributed by atoms with Crippen LogP contribution in [0.15, 0.2) is 72.8 Å². The van der Waals surface area contributed by atoms with Crippen molar-refractivity contribution in [1.29, 1.82) is 0 Å². The maximum absolute atomic E-state index is 14.7.